The molecule has 0 aliphatic carbocycles. The van der Waals surface area contributed by atoms with Gasteiger partial charge in [0.05, 0.1) is 0 Å². The largest absolute Gasteiger partial charge is 0.461 e. The topological polar surface area (TPSA) is 43.4 Å². The van der Waals surface area contributed by atoms with Gasteiger partial charge in [0.2, 0.25) is 0 Å². The van der Waals surface area contributed by atoms with Gasteiger partial charge in [-0.15, -0.1) is 0 Å². The van der Waals surface area contributed by atoms with E-state index < -0.39 is 5.97 Å². The van der Waals surface area contributed by atoms with Crippen molar-refractivity contribution in [3.05, 3.63) is 54.6 Å². The molecule has 0 amide bonds. The van der Waals surface area contributed by atoms with Crippen molar-refractivity contribution in [1.29, 1.82) is 0 Å². The first kappa shape index (κ1) is 12.9. The van der Waals surface area contributed by atoms with Crippen LogP contribution in [0.5, 0.6) is 0 Å². The van der Waals surface area contributed by atoms with Gasteiger partial charge in [0.15, 0.2) is 5.78 Å². The summed E-state index contributed by atoms with van der Waals surface area (Å²) in [6, 6.07) is 9.40. The molecule has 17 heavy (non-hydrogen) atoms. The average molecular weight is 230 g/mol. The molecule has 0 unspecified atom stereocenters. The predicted molar refractivity (Wildman–Crippen MR) is 66.3 cm³/mol. The van der Waals surface area contributed by atoms with E-state index in [4.69, 9.17) is 4.74 Å². The van der Waals surface area contributed by atoms with Crippen LogP contribution in [0, 0.1) is 0 Å². The van der Waals surface area contributed by atoms with E-state index in [-0.39, 0.29) is 18.8 Å². The lowest BCUT2D eigenvalue weighted by molar-refractivity contribution is -0.144. The molecular weight excluding hydrogens is 216 g/mol. The van der Waals surface area contributed by atoms with Gasteiger partial charge < -0.3 is 4.74 Å². The van der Waals surface area contributed by atoms with Crippen LogP contribution in [0.1, 0.15) is 12.0 Å². The molecule has 3 heteroatoms. The summed E-state index contributed by atoms with van der Waals surface area (Å²) >= 11 is 0. The number of ether oxygens (including phenoxy) is 1. The van der Waals surface area contributed by atoms with E-state index in [9.17, 15) is 9.59 Å². The summed E-state index contributed by atoms with van der Waals surface area (Å²) in [6.07, 6.45) is 4.27. The molecule has 88 valence electrons. The molecule has 0 saturated heterocycles. The zero-order valence-electron chi connectivity index (χ0n) is 9.46. The van der Waals surface area contributed by atoms with Gasteiger partial charge in [0.1, 0.15) is 13.0 Å². The highest BCUT2D eigenvalue weighted by Crippen LogP contribution is 2.01. The van der Waals surface area contributed by atoms with Crippen LogP contribution in [0.3, 0.4) is 0 Å². The number of carbonyl (C=O) groups excluding carboxylic acids is 2. The standard InChI is InChI=1S/C14H14O3/c1-2-10-17-14(16)11-13(15)9-8-12-6-4-3-5-7-12/h2-9H,1,10-11H2/b9-8+. The Balaban J connectivity index is 2.42. The Morgan fingerprint density at radius 1 is 1.24 bits per heavy atom. The smallest absolute Gasteiger partial charge is 0.313 e. The molecule has 0 heterocycles. The Bertz CT molecular complexity index is 418. The van der Waals surface area contributed by atoms with Crippen LogP contribution in [0.4, 0.5) is 0 Å². The quantitative estimate of drug-likeness (QED) is 0.326. The summed E-state index contributed by atoms with van der Waals surface area (Å²) in [4.78, 5) is 22.5. The second-order valence-corrected chi connectivity index (χ2v) is 3.36. The molecule has 0 spiro atoms. The van der Waals surface area contributed by atoms with Crippen LogP contribution in [0.25, 0.3) is 6.08 Å². The highest BCUT2D eigenvalue weighted by Gasteiger charge is 2.06. The summed E-state index contributed by atoms with van der Waals surface area (Å²) in [6.45, 7) is 3.55. The number of carbonyl (C=O) groups is 2. The number of allylic oxidation sites excluding steroid dienone is 1. The second kappa shape index (κ2) is 7.17. The summed E-state index contributed by atoms with van der Waals surface area (Å²) in [5.41, 5.74) is 0.917. The zero-order valence-corrected chi connectivity index (χ0v) is 9.46. The maximum Gasteiger partial charge on any atom is 0.313 e. The highest BCUT2D eigenvalue weighted by atomic mass is 16.5. The normalized spacial score (nSPS) is 10.1. The third-order valence-electron chi connectivity index (χ3n) is 1.94. The predicted octanol–water partition coefficient (Wildman–Crippen LogP) is 2.39. The third-order valence-corrected chi connectivity index (χ3v) is 1.94. The fraction of sp³-hybridized carbons (Fsp3) is 0.143. The van der Waals surface area contributed by atoms with Gasteiger partial charge in [-0.2, -0.15) is 0 Å². The number of ketones is 1. The van der Waals surface area contributed by atoms with Crippen LogP contribution in [-0.4, -0.2) is 18.4 Å². The van der Waals surface area contributed by atoms with E-state index in [0.29, 0.717) is 0 Å². The second-order valence-electron chi connectivity index (χ2n) is 3.36. The van der Waals surface area contributed by atoms with Gasteiger partial charge in [-0.1, -0.05) is 49.1 Å². The number of esters is 1. The lowest BCUT2D eigenvalue weighted by Gasteiger charge is -1.98. The van der Waals surface area contributed by atoms with Gasteiger partial charge in [0.25, 0.3) is 0 Å². The first-order valence-electron chi connectivity index (χ1n) is 5.25. The lowest BCUT2D eigenvalue weighted by atomic mass is 10.2. The molecule has 0 saturated carbocycles. The van der Waals surface area contributed by atoms with Crippen LogP contribution in [-0.2, 0) is 14.3 Å². The molecule has 0 N–H and O–H groups in total. The lowest BCUT2D eigenvalue weighted by Crippen LogP contribution is -2.09. The molecule has 0 aliphatic rings. The van der Waals surface area contributed by atoms with Gasteiger partial charge in [-0.25, -0.2) is 0 Å². The minimum Gasteiger partial charge on any atom is -0.461 e. The molecule has 1 aromatic carbocycles. The maximum atomic E-state index is 11.4. The number of hydrogen-bond acceptors (Lipinski definition) is 3. The Morgan fingerprint density at radius 3 is 2.59 bits per heavy atom. The van der Waals surface area contributed by atoms with E-state index in [0.717, 1.165) is 5.56 Å². The first-order valence-corrected chi connectivity index (χ1v) is 5.25. The molecular formula is C14H14O3. The fourth-order valence-electron chi connectivity index (χ4n) is 1.16. The summed E-state index contributed by atoms with van der Waals surface area (Å²) in [5.74, 6) is -0.810. The van der Waals surface area contributed by atoms with Gasteiger partial charge in [-0.3, -0.25) is 9.59 Å². The fourth-order valence-corrected chi connectivity index (χ4v) is 1.16. The van der Waals surface area contributed by atoms with E-state index in [1.807, 2.05) is 30.3 Å². The van der Waals surface area contributed by atoms with Crippen molar-refractivity contribution >= 4 is 17.8 Å². The van der Waals surface area contributed by atoms with Crippen molar-refractivity contribution in [3.8, 4) is 0 Å². The monoisotopic (exact) mass is 230 g/mol. The maximum absolute atomic E-state index is 11.4. The number of rotatable bonds is 6. The molecule has 0 bridgehead atoms. The number of hydrogen-bond donors (Lipinski definition) is 0. The van der Waals surface area contributed by atoms with Crippen LogP contribution < -0.4 is 0 Å². The van der Waals surface area contributed by atoms with Crippen molar-refractivity contribution in [3.63, 3.8) is 0 Å². The average Bonchev–Trinajstić information content (AvgIpc) is 2.35. The minimum atomic E-state index is -0.535. The van der Waals surface area contributed by atoms with Crippen molar-refractivity contribution in [2.45, 2.75) is 6.42 Å². The van der Waals surface area contributed by atoms with Crippen molar-refractivity contribution < 1.29 is 14.3 Å². The Kier molecular flexibility index (Phi) is 5.44. The molecule has 0 aromatic heterocycles. The van der Waals surface area contributed by atoms with E-state index >= 15 is 0 Å². The Labute approximate surface area is 100 Å². The SMILES string of the molecule is C=CCOC(=O)CC(=O)/C=C/c1ccccc1. The molecule has 3 nitrogen and oxygen atoms in total. The third kappa shape index (κ3) is 5.47. The van der Waals surface area contributed by atoms with Crippen molar-refractivity contribution in [2.75, 3.05) is 6.61 Å². The summed E-state index contributed by atoms with van der Waals surface area (Å²) < 4.78 is 4.70. The molecule has 1 aromatic rings. The molecule has 0 radical (unpaired) electrons. The van der Waals surface area contributed by atoms with Crippen LogP contribution >= 0.6 is 0 Å². The van der Waals surface area contributed by atoms with E-state index in [1.54, 1.807) is 6.08 Å². The van der Waals surface area contributed by atoms with Crippen LogP contribution in [0.2, 0.25) is 0 Å². The van der Waals surface area contributed by atoms with Gasteiger partial charge in [-0.05, 0) is 11.6 Å². The highest BCUT2D eigenvalue weighted by molar-refractivity contribution is 6.03. The van der Waals surface area contributed by atoms with Gasteiger partial charge >= 0.3 is 5.97 Å². The zero-order chi connectivity index (χ0) is 12.5. The minimum absolute atomic E-state index is 0.133. The Hall–Kier alpha value is -2.16. The van der Waals surface area contributed by atoms with Crippen LogP contribution in [0.15, 0.2) is 49.1 Å². The van der Waals surface area contributed by atoms with Gasteiger partial charge in [0, 0.05) is 0 Å². The molecule has 0 aliphatic heterocycles. The Morgan fingerprint density at radius 2 is 1.94 bits per heavy atom. The first-order chi connectivity index (χ1) is 8.22. The van der Waals surface area contributed by atoms with E-state index in [1.165, 1.54) is 12.2 Å². The number of benzene rings is 1. The molecule has 0 fully saturated rings. The van der Waals surface area contributed by atoms with E-state index in [2.05, 4.69) is 6.58 Å². The summed E-state index contributed by atoms with van der Waals surface area (Å²) in [5, 5.41) is 0. The van der Waals surface area contributed by atoms with Crippen molar-refractivity contribution in [2.24, 2.45) is 0 Å². The molecule has 0 atom stereocenters. The molecule has 1 rings (SSSR count). The van der Waals surface area contributed by atoms with Crippen molar-refractivity contribution in [1.82, 2.24) is 0 Å². The summed E-state index contributed by atoms with van der Waals surface area (Å²) in [7, 11) is 0.